The number of carbonyl (C=O) groups excluding carboxylic acids is 1. The number of benzene rings is 3. The second kappa shape index (κ2) is 8.24. The monoisotopic (exact) mass is 424 g/mol. The first-order valence-corrected chi connectivity index (χ1v) is 10.4. The van der Waals surface area contributed by atoms with Gasteiger partial charge in [-0.2, -0.15) is 5.26 Å². The number of fused-ring (bicyclic) bond motifs is 1. The third-order valence-corrected chi connectivity index (χ3v) is 5.52. The number of ether oxygens (including phenoxy) is 2. The summed E-state index contributed by atoms with van der Waals surface area (Å²) in [6, 6.07) is 24.3. The molecule has 5 nitrogen and oxygen atoms in total. The molecule has 2 N–H and O–H groups in total. The molecular weight excluding hydrogens is 400 g/mol. The second-order valence-corrected chi connectivity index (χ2v) is 8.75. The number of hydrogen-bond acceptors (Lipinski definition) is 5. The number of nitriles is 1. The summed E-state index contributed by atoms with van der Waals surface area (Å²) in [7, 11) is 0. The lowest BCUT2D eigenvalue weighted by molar-refractivity contribution is 0.0734. The minimum atomic E-state index is -0.461. The van der Waals surface area contributed by atoms with Gasteiger partial charge in [-0.3, -0.25) is 0 Å². The molecule has 1 aliphatic heterocycles. The van der Waals surface area contributed by atoms with E-state index in [-0.39, 0.29) is 17.2 Å². The van der Waals surface area contributed by atoms with E-state index in [4.69, 9.17) is 15.2 Å². The summed E-state index contributed by atoms with van der Waals surface area (Å²) < 4.78 is 11.2. The maximum Gasteiger partial charge on any atom is 0.343 e. The Balaban J connectivity index is 1.69. The van der Waals surface area contributed by atoms with Crippen molar-refractivity contribution in [3.63, 3.8) is 0 Å². The normalized spacial score (nSPS) is 15.4. The number of allylic oxidation sites excluding steroid dienone is 1. The molecule has 0 fully saturated rings. The van der Waals surface area contributed by atoms with Crippen molar-refractivity contribution >= 4 is 5.97 Å². The van der Waals surface area contributed by atoms with Crippen LogP contribution in [-0.2, 0) is 5.41 Å². The van der Waals surface area contributed by atoms with Gasteiger partial charge in [0.1, 0.15) is 23.1 Å². The van der Waals surface area contributed by atoms with Crippen LogP contribution in [-0.4, -0.2) is 5.97 Å². The third-order valence-electron chi connectivity index (χ3n) is 5.52. The van der Waals surface area contributed by atoms with Crippen molar-refractivity contribution in [3.8, 4) is 17.6 Å². The molecule has 0 amide bonds. The van der Waals surface area contributed by atoms with Gasteiger partial charge in [0.25, 0.3) is 0 Å². The van der Waals surface area contributed by atoms with Crippen LogP contribution in [0.4, 0.5) is 0 Å². The SMILES string of the molecule is CC(C)(C)c1ccc(C2C(C#N)=C(N)Oc3cc(OC(=O)c4ccccc4)ccc32)cc1. The Kier molecular flexibility index (Phi) is 5.46. The molecule has 1 aliphatic rings. The third kappa shape index (κ3) is 4.08. The van der Waals surface area contributed by atoms with Crippen LogP contribution in [0.3, 0.4) is 0 Å². The Bertz CT molecular complexity index is 1230. The number of nitrogens with zero attached hydrogens (tertiary/aromatic N) is 1. The zero-order valence-electron chi connectivity index (χ0n) is 18.3. The fourth-order valence-corrected chi connectivity index (χ4v) is 3.76. The topological polar surface area (TPSA) is 85.3 Å². The van der Waals surface area contributed by atoms with Gasteiger partial charge in [-0.15, -0.1) is 0 Å². The molecule has 3 aromatic rings. The first-order valence-electron chi connectivity index (χ1n) is 10.4. The van der Waals surface area contributed by atoms with Gasteiger partial charge in [0, 0.05) is 11.6 Å². The predicted molar refractivity (Wildman–Crippen MR) is 122 cm³/mol. The van der Waals surface area contributed by atoms with Crippen LogP contribution in [0, 0.1) is 11.3 Å². The quantitative estimate of drug-likeness (QED) is 0.448. The average Bonchev–Trinajstić information content (AvgIpc) is 2.78. The summed E-state index contributed by atoms with van der Waals surface area (Å²) in [5.74, 6) is 0.0300. The van der Waals surface area contributed by atoms with Crippen molar-refractivity contribution in [1.82, 2.24) is 0 Å². The number of hydrogen-bond donors (Lipinski definition) is 1. The van der Waals surface area contributed by atoms with Crippen LogP contribution >= 0.6 is 0 Å². The van der Waals surface area contributed by atoms with Crippen molar-refractivity contribution < 1.29 is 14.3 Å². The zero-order chi connectivity index (χ0) is 22.9. The van der Waals surface area contributed by atoms with E-state index in [0.29, 0.717) is 22.6 Å². The van der Waals surface area contributed by atoms with Gasteiger partial charge < -0.3 is 15.2 Å². The molecule has 0 aliphatic carbocycles. The number of nitrogens with two attached hydrogens (primary N) is 1. The predicted octanol–water partition coefficient (Wildman–Crippen LogP) is 5.42. The Morgan fingerprint density at radius 1 is 1.03 bits per heavy atom. The van der Waals surface area contributed by atoms with Gasteiger partial charge in [-0.05, 0) is 34.7 Å². The molecule has 0 bridgehead atoms. The van der Waals surface area contributed by atoms with Crippen LogP contribution in [0.2, 0.25) is 0 Å². The first-order chi connectivity index (χ1) is 15.3. The largest absolute Gasteiger partial charge is 0.440 e. The van der Waals surface area contributed by atoms with Crippen LogP contribution in [0.15, 0.2) is 84.3 Å². The van der Waals surface area contributed by atoms with Crippen LogP contribution < -0.4 is 15.2 Å². The van der Waals surface area contributed by atoms with E-state index in [1.165, 1.54) is 5.56 Å². The maximum absolute atomic E-state index is 12.4. The lowest BCUT2D eigenvalue weighted by Crippen LogP contribution is -2.21. The smallest absolute Gasteiger partial charge is 0.343 e. The number of rotatable bonds is 3. The van der Waals surface area contributed by atoms with Gasteiger partial charge in [0.05, 0.1) is 11.5 Å². The highest BCUT2D eigenvalue weighted by Gasteiger charge is 2.31. The van der Waals surface area contributed by atoms with Gasteiger partial charge in [0.2, 0.25) is 5.88 Å². The van der Waals surface area contributed by atoms with Gasteiger partial charge in [0.15, 0.2) is 0 Å². The fourth-order valence-electron chi connectivity index (χ4n) is 3.76. The Hall–Kier alpha value is -4.04. The molecule has 0 aromatic heterocycles. The molecule has 0 saturated carbocycles. The molecule has 0 spiro atoms. The van der Waals surface area contributed by atoms with E-state index >= 15 is 0 Å². The van der Waals surface area contributed by atoms with Gasteiger partial charge in [-0.25, -0.2) is 4.79 Å². The van der Waals surface area contributed by atoms with Crippen LogP contribution in [0.25, 0.3) is 0 Å². The van der Waals surface area contributed by atoms with E-state index in [1.54, 1.807) is 36.4 Å². The molecule has 160 valence electrons. The minimum Gasteiger partial charge on any atom is -0.440 e. The molecule has 32 heavy (non-hydrogen) atoms. The van der Waals surface area contributed by atoms with Crippen molar-refractivity contribution in [2.45, 2.75) is 32.1 Å². The Morgan fingerprint density at radius 3 is 2.34 bits per heavy atom. The highest BCUT2D eigenvalue weighted by atomic mass is 16.5. The van der Waals surface area contributed by atoms with Gasteiger partial charge in [-0.1, -0.05) is 69.3 Å². The average molecular weight is 425 g/mol. The second-order valence-electron chi connectivity index (χ2n) is 8.75. The highest BCUT2D eigenvalue weighted by Crippen LogP contribution is 2.43. The summed E-state index contributed by atoms with van der Waals surface area (Å²) in [4.78, 5) is 12.4. The molecule has 1 heterocycles. The standard InChI is InChI=1S/C27H24N2O3/c1-27(2,3)19-11-9-17(10-12-19)24-21-14-13-20(15-23(21)32-25(29)22(24)16-28)31-26(30)18-7-5-4-6-8-18/h4-15,24H,29H2,1-3H3. The molecule has 5 heteroatoms. The van der Waals surface area contributed by atoms with E-state index in [1.807, 2.05) is 24.3 Å². The summed E-state index contributed by atoms with van der Waals surface area (Å²) in [5, 5.41) is 9.76. The van der Waals surface area contributed by atoms with Crippen molar-refractivity contribution in [2.24, 2.45) is 5.73 Å². The van der Waals surface area contributed by atoms with E-state index in [0.717, 1.165) is 11.1 Å². The fraction of sp³-hybridized carbons (Fsp3) is 0.185. The number of esters is 1. The zero-order valence-corrected chi connectivity index (χ0v) is 18.3. The minimum absolute atomic E-state index is 0.0244. The van der Waals surface area contributed by atoms with Crippen molar-refractivity contribution in [2.75, 3.05) is 0 Å². The highest BCUT2D eigenvalue weighted by molar-refractivity contribution is 5.91. The molecule has 1 unspecified atom stereocenters. The molecular formula is C27H24N2O3. The molecule has 1 atom stereocenters. The van der Waals surface area contributed by atoms with Crippen LogP contribution in [0.5, 0.6) is 11.5 Å². The molecule has 0 radical (unpaired) electrons. The van der Waals surface area contributed by atoms with Crippen molar-refractivity contribution in [3.05, 3.63) is 107 Å². The van der Waals surface area contributed by atoms with Crippen LogP contribution in [0.1, 0.15) is 53.7 Å². The van der Waals surface area contributed by atoms with E-state index in [2.05, 4.69) is 39.0 Å². The molecule has 0 saturated heterocycles. The van der Waals surface area contributed by atoms with E-state index < -0.39 is 5.97 Å². The molecule has 4 rings (SSSR count). The Morgan fingerprint density at radius 2 is 1.72 bits per heavy atom. The lowest BCUT2D eigenvalue weighted by atomic mass is 9.81. The summed E-state index contributed by atoms with van der Waals surface area (Å²) >= 11 is 0. The van der Waals surface area contributed by atoms with Gasteiger partial charge >= 0.3 is 5.97 Å². The number of carbonyl (C=O) groups is 1. The maximum atomic E-state index is 12.4. The van der Waals surface area contributed by atoms with E-state index in [9.17, 15) is 10.1 Å². The van der Waals surface area contributed by atoms with Crippen molar-refractivity contribution in [1.29, 1.82) is 5.26 Å². The molecule has 3 aromatic carbocycles. The Labute approximate surface area is 187 Å². The summed E-state index contributed by atoms with van der Waals surface area (Å²) in [6.45, 7) is 6.47. The summed E-state index contributed by atoms with van der Waals surface area (Å²) in [6.07, 6.45) is 0. The first kappa shape index (κ1) is 21.2. The lowest BCUT2D eigenvalue weighted by Gasteiger charge is -2.27. The summed E-state index contributed by atoms with van der Waals surface area (Å²) in [5.41, 5.74) is 9.87.